The van der Waals surface area contributed by atoms with Crippen molar-refractivity contribution in [2.75, 3.05) is 6.26 Å². The Morgan fingerprint density at radius 3 is 2.33 bits per heavy atom. The predicted molar refractivity (Wildman–Crippen MR) is 69.5 cm³/mol. The van der Waals surface area contributed by atoms with Crippen LogP contribution >= 0.6 is 11.8 Å². The first-order valence-corrected chi connectivity index (χ1v) is 7.79. The molecule has 4 nitrogen and oxygen atoms in total. The molecule has 0 unspecified atom stereocenters. The van der Waals surface area contributed by atoms with Crippen LogP contribution in [0.1, 0.15) is 38.5 Å². The number of nitrogens with one attached hydrogen (secondary N) is 1. The van der Waals surface area contributed by atoms with Crippen LogP contribution in [0.4, 0.5) is 4.79 Å². The first kappa shape index (κ1) is 12.3. The van der Waals surface area contributed by atoms with Gasteiger partial charge in [0.15, 0.2) is 0 Å². The van der Waals surface area contributed by atoms with Crippen molar-refractivity contribution in [1.82, 2.24) is 5.32 Å². The summed E-state index contributed by atoms with van der Waals surface area (Å²) in [6.07, 6.45) is 7.14. The molecule has 4 fully saturated rings. The fourth-order valence-electron chi connectivity index (χ4n) is 4.93. The Hall–Kier alpha value is -0.710. The molecule has 2 N–H and O–H groups in total. The van der Waals surface area contributed by atoms with Crippen LogP contribution in [0.15, 0.2) is 0 Å². The lowest BCUT2D eigenvalue weighted by atomic mass is 9.47. The van der Waals surface area contributed by atoms with E-state index in [1.807, 2.05) is 0 Å². The van der Waals surface area contributed by atoms with E-state index in [0.29, 0.717) is 18.3 Å². The third kappa shape index (κ3) is 1.75. The smallest absolute Gasteiger partial charge is 0.309 e. The van der Waals surface area contributed by atoms with Gasteiger partial charge in [0.1, 0.15) is 0 Å². The molecule has 18 heavy (non-hydrogen) atoms. The molecule has 2 atom stereocenters. The summed E-state index contributed by atoms with van der Waals surface area (Å²) in [5.74, 6) is 0.327. The van der Waals surface area contributed by atoms with Crippen LogP contribution in [0, 0.1) is 17.3 Å². The van der Waals surface area contributed by atoms with E-state index < -0.39 is 11.4 Å². The van der Waals surface area contributed by atoms with E-state index in [1.165, 1.54) is 11.8 Å². The van der Waals surface area contributed by atoms with E-state index in [1.54, 1.807) is 6.26 Å². The van der Waals surface area contributed by atoms with Gasteiger partial charge in [-0.05, 0) is 56.6 Å². The maximum atomic E-state index is 11.7. The van der Waals surface area contributed by atoms with E-state index in [0.717, 1.165) is 32.1 Å². The maximum Gasteiger partial charge on any atom is 0.309 e. The molecule has 4 rings (SSSR count). The van der Waals surface area contributed by atoms with Gasteiger partial charge in [0.05, 0.1) is 5.41 Å². The van der Waals surface area contributed by atoms with E-state index in [4.69, 9.17) is 0 Å². The molecule has 0 spiro atoms. The summed E-state index contributed by atoms with van der Waals surface area (Å²) in [4.78, 5) is 23.3. The molecule has 4 saturated carbocycles. The van der Waals surface area contributed by atoms with Crippen molar-refractivity contribution in [2.45, 2.75) is 44.1 Å². The van der Waals surface area contributed by atoms with Gasteiger partial charge in [0.25, 0.3) is 5.24 Å². The molecule has 4 aliphatic carbocycles. The number of thioether (sulfide) groups is 1. The highest BCUT2D eigenvalue weighted by molar-refractivity contribution is 8.12. The molecule has 0 saturated heterocycles. The summed E-state index contributed by atoms with van der Waals surface area (Å²) in [6.45, 7) is 0. The molecule has 100 valence electrons. The summed E-state index contributed by atoms with van der Waals surface area (Å²) in [7, 11) is 0. The van der Waals surface area contributed by atoms with Gasteiger partial charge >= 0.3 is 5.97 Å². The van der Waals surface area contributed by atoms with Gasteiger partial charge in [-0.2, -0.15) is 0 Å². The van der Waals surface area contributed by atoms with Gasteiger partial charge in [-0.15, -0.1) is 0 Å². The van der Waals surface area contributed by atoms with Crippen LogP contribution in [-0.2, 0) is 4.79 Å². The van der Waals surface area contributed by atoms with Gasteiger partial charge < -0.3 is 10.4 Å². The highest BCUT2D eigenvalue weighted by atomic mass is 32.2. The third-order valence-electron chi connectivity index (χ3n) is 5.07. The molecule has 0 aromatic rings. The van der Waals surface area contributed by atoms with Gasteiger partial charge in [-0.25, -0.2) is 0 Å². The van der Waals surface area contributed by atoms with Crippen LogP contribution < -0.4 is 5.32 Å². The Bertz CT molecular complexity index is 395. The second-order valence-corrected chi connectivity index (χ2v) is 7.22. The Morgan fingerprint density at radius 2 is 1.83 bits per heavy atom. The minimum absolute atomic E-state index is 0.0162. The molecule has 0 aromatic heterocycles. The zero-order chi connectivity index (χ0) is 13.0. The van der Waals surface area contributed by atoms with Crippen molar-refractivity contribution in [3.8, 4) is 0 Å². The summed E-state index contributed by atoms with van der Waals surface area (Å²) < 4.78 is 0. The zero-order valence-corrected chi connectivity index (χ0v) is 11.4. The lowest BCUT2D eigenvalue weighted by Crippen LogP contribution is -2.64. The fraction of sp³-hybridized carbons (Fsp3) is 0.846. The number of carboxylic acid groups (broad SMARTS) is 1. The Kier molecular flexibility index (Phi) is 2.66. The SMILES string of the molecule is CSC(=O)NC12C[C@@H]3C[C@@H](C1)CC(C(=O)O)(C3)C2. The number of amides is 1. The van der Waals surface area contributed by atoms with Crippen LogP contribution in [0.25, 0.3) is 0 Å². The topological polar surface area (TPSA) is 66.4 Å². The van der Waals surface area contributed by atoms with Gasteiger partial charge in [0.2, 0.25) is 0 Å². The fourth-order valence-corrected chi connectivity index (χ4v) is 5.25. The van der Waals surface area contributed by atoms with Crippen molar-refractivity contribution in [3.63, 3.8) is 0 Å². The average Bonchev–Trinajstić information content (AvgIpc) is 2.26. The van der Waals surface area contributed by atoms with Crippen LogP contribution in [0.5, 0.6) is 0 Å². The van der Waals surface area contributed by atoms with E-state index >= 15 is 0 Å². The number of rotatable bonds is 2. The highest BCUT2D eigenvalue weighted by Gasteiger charge is 2.61. The summed E-state index contributed by atoms with van der Waals surface area (Å²) in [6, 6.07) is 0. The van der Waals surface area contributed by atoms with E-state index in [9.17, 15) is 14.7 Å². The Balaban J connectivity index is 1.89. The monoisotopic (exact) mass is 269 g/mol. The molecule has 0 aliphatic heterocycles. The van der Waals surface area contributed by atoms with Crippen molar-refractivity contribution < 1.29 is 14.7 Å². The Morgan fingerprint density at radius 1 is 1.22 bits per heavy atom. The number of hydrogen-bond donors (Lipinski definition) is 2. The van der Waals surface area contributed by atoms with Gasteiger partial charge in [0, 0.05) is 5.54 Å². The summed E-state index contributed by atoms with van der Waals surface area (Å²) in [5, 5.41) is 12.7. The standard InChI is InChI=1S/C13H19NO3S/c1-18-11(17)14-13-5-8-2-9(6-13)4-12(3-8,7-13)10(15)16/h8-9H,2-7H2,1H3,(H,14,17)(H,15,16)/t8-,9-,12?,13?/m1/s1. The van der Waals surface area contributed by atoms with Crippen LogP contribution in [0.3, 0.4) is 0 Å². The lowest BCUT2D eigenvalue weighted by molar-refractivity contribution is -0.167. The first-order valence-electron chi connectivity index (χ1n) is 6.57. The molecule has 4 bridgehead atoms. The lowest BCUT2D eigenvalue weighted by Gasteiger charge is -2.60. The Labute approximate surface area is 111 Å². The maximum absolute atomic E-state index is 11.7. The molecule has 1 amide bonds. The molecule has 4 aliphatic rings. The predicted octanol–water partition coefficient (Wildman–Crippen LogP) is 2.48. The molecule has 0 aromatic carbocycles. The number of carboxylic acids is 1. The van der Waals surface area contributed by atoms with Crippen molar-refractivity contribution in [1.29, 1.82) is 0 Å². The van der Waals surface area contributed by atoms with E-state index in [-0.39, 0.29) is 10.8 Å². The molecular formula is C13H19NO3S. The highest BCUT2D eigenvalue weighted by Crippen LogP contribution is 2.61. The largest absolute Gasteiger partial charge is 0.481 e. The van der Waals surface area contributed by atoms with Crippen molar-refractivity contribution in [2.24, 2.45) is 17.3 Å². The molecule has 5 heteroatoms. The number of carbonyl (C=O) groups is 2. The normalized spacial score (nSPS) is 44.9. The van der Waals surface area contributed by atoms with E-state index in [2.05, 4.69) is 5.32 Å². The van der Waals surface area contributed by atoms with Gasteiger partial charge in [-0.3, -0.25) is 9.59 Å². The minimum Gasteiger partial charge on any atom is -0.481 e. The van der Waals surface area contributed by atoms with Gasteiger partial charge in [-0.1, -0.05) is 11.8 Å². The number of aliphatic carboxylic acids is 1. The molecule has 0 heterocycles. The van der Waals surface area contributed by atoms with Crippen LogP contribution in [0.2, 0.25) is 0 Å². The quantitative estimate of drug-likeness (QED) is 0.808. The zero-order valence-electron chi connectivity index (χ0n) is 10.6. The molecular weight excluding hydrogens is 250 g/mol. The average molecular weight is 269 g/mol. The first-order chi connectivity index (χ1) is 8.47. The number of carbonyl (C=O) groups excluding carboxylic acids is 1. The van der Waals surface area contributed by atoms with Crippen molar-refractivity contribution >= 4 is 23.0 Å². The second kappa shape index (κ2) is 3.89. The third-order valence-corrected chi connectivity index (χ3v) is 5.54. The molecule has 0 radical (unpaired) electrons. The number of hydrogen-bond acceptors (Lipinski definition) is 3. The van der Waals surface area contributed by atoms with Crippen molar-refractivity contribution in [3.05, 3.63) is 0 Å². The minimum atomic E-state index is -0.653. The van der Waals surface area contributed by atoms with Crippen LogP contribution in [-0.4, -0.2) is 28.1 Å². The summed E-state index contributed by atoms with van der Waals surface area (Å²) >= 11 is 1.18. The second-order valence-electron chi connectivity index (χ2n) is 6.44. The summed E-state index contributed by atoms with van der Waals surface area (Å²) in [5.41, 5.74) is -0.793.